The van der Waals surface area contributed by atoms with Gasteiger partial charge in [-0.05, 0) is 55.6 Å². The molecule has 2 nitrogen and oxygen atoms in total. The molecule has 0 amide bonds. The highest BCUT2D eigenvalue weighted by molar-refractivity contribution is 5.46. The van der Waals surface area contributed by atoms with Gasteiger partial charge in [-0.1, -0.05) is 42.8 Å². The Kier molecular flexibility index (Phi) is 5.03. The van der Waals surface area contributed by atoms with E-state index in [1.807, 2.05) is 0 Å². The first-order valence-corrected chi connectivity index (χ1v) is 7.52. The SMILES string of the molecule is CCNC(c1cccc(C)c1)c1cc(C)c(OC)cc1C. The van der Waals surface area contributed by atoms with Gasteiger partial charge >= 0.3 is 0 Å². The van der Waals surface area contributed by atoms with Crippen LogP contribution in [0.1, 0.15) is 40.8 Å². The van der Waals surface area contributed by atoms with Gasteiger partial charge in [-0.25, -0.2) is 0 Å². The van der Waals surface area contributed by atoms with Gasteiger partial charge in [0.25, 0.3) is 0 Å². The topological polar surface area (TPSA) is 21.3 Å². The van der Waals surface area contributed by atoms with Crippen LogP contribution >= 0.6 is 0 Å². The lowest BCUT2D eigenvalue weighted by atomic mass is 9.92. The summed E-state index contributed by atoms with van der Waals surface area (Å²) in [6, 6.07) is 13.3. The molecular formula is C19H25NO. The van der Waals surface area contributed by atoms with E-state index < -0.39 is 0 Å². The molecule has 0 bridgehead atoms. The third-order valence-corrected chi connectivity index (χ3v) is 3.88. The number of hydrogen-bond donors (Lipinski definition) is 1. The Labute approximate surface area is 128 Å². The minimum atomic E-state index is 0.222. The van der Waals surface area contributed by atoms with Crippen molar-refractivity contribution in [2.45, 2.75) is 33.7 Å². The van der Waals surface area contributed by atoms with Crippen LogP contribution in [-0.4, -0.2) is 13.7 Å². The summed E-state index contributed by atoms with van der Waals surface area (Å²) in [5, 5.41) is 3.61. The van der Waals surface area contributed by atoms with E-state index in [0.717, 1.165) is 12.3 Å². The van der Waals surface area contributed by atoms with Gasteiger partial charge in [0.1, 0.15) is 5.75 Å². The van der Waals surface area contributed by atoms with Gasteiger partial charge in [-0.15, -0.1) is 0 Å². The molecule has 2 rings (SSSR count). The summed E-state index contributed by atoms with van der Waals surface area (Å²) in [5.41, 5.74) is 6.35. The van der Waals surface area contributed by atoms with Crippen LogP contribution in [-0.2, 0) is 0 Å². The third kappa shape index (κ3) is 3.45. The molecular weight excluding hydrogens is 258 g/mol. The number of aryl methyl sites for hydroxylation is 3. The quantitative estimate of drug-likeness (QED) is 0.882. The molecule has 0 saturated carbocycles. The molecule has 2 aromatic rings. The highest BCUT2D eigenvalue weighted by atomic mass is 16.5. The fourth-order valence-electron chi connectivity index (χ4n) is 2.80. The van der Waals surface area contributed by atoms with Crippen molar-refractivity contribution < 1.29 is 4.74 Å². The van der Waals surface area contributed by atoms with Gasteiger partial charge in [-0.2, -0.15) is 0 Å². The normalized spacial score (nSPS) is 12.2. The van der Waals surface area contributed by atoms with Crippen LogP contribution in [0.3, 0.4) is 0 Å². The van der Waals surface area contributed by atoms with E-state index in [9.17, 15) is 0 Å². The molecule has 1 unspecified atom stereocenters. The molecule has 2 aromatic carbocycles. The average molecular weight is 283 g/mol. The lowest BCUT2D eigenvalue weighted by molar-refractivity contribution is 0.411. The third-order valence-electron chi connectivity index (χ3n) is 3.88. The van der Waals surface area contributed by atoms with E-state index in [2.05, 4.69) is 69.4 Å². The van der Waals surface area contributed by atoms with Crippen LogP contribution in [0.2, 0.25) is 0 Å². The van der Waals surface area contributed by atoms with Gasteiger partial charge in [0.2, 0.25) is 0 Å². The van der Waals surface area contributed by atoms with Crippen molar-refractivity contribution in [3.05, 3.63) is 64.2 Å². The first-order valence-electron chi connectivity index (χ1n) is 7.52. The molecule has 0 aliphatic heterocycles. The molecule has 0 fully saturated rings. The summed E-state index contributed by atoms with van der Waals surface area (Å²) in [5.74, 6) is 0.954. The highest BCUT2D eigenvalue weighted by Gasteiger charge is 2.17. The van der Waals surface area contributed by atoms with Crippen molar-refractivity contribution in [1.29, 1.82) is 0 Å². The van der Waals surface area contributed by atoms with E-state index in [0.29, 0.717) is 0 Å². The summed E-state index contributed by atoms with van der Waals surface area (Å²) < 4.78 is 5.42. The maximum atomic E-state index is 5.42. The zero-order valence-electron chi connectivity index (χ0n) is 13.7. The van der Waals surface area contributed by atoms with Crippen molar-refractivity contribution in [2.24, 2.45) is 0 Å². The summed E-state index contributed by atoms with van der Waals surface area (Å²) in [4.78, 5) is 0. The highest BCUT2D eigenvalue weighted by Crippen LogP contribution is 2.30. The van der Waals surface area contributed by atoms with Gasteiger partial charge in [0.05, 0.1) is 13.2 Å². The fraction of sp³-hybridized carbons (Fsp3) is 0.368. The Morgan fingerprint density at radius 1 is 1.05 bits per heavy atom. The van der Waals surface area contributed by atoms with Gasteiger partial charge in [-0.3, -0.25) is 0 Å². The zero-order chi connectivity index (χ0) is 15.4. The molecule has 112 valence electrons. The standard InChI is InChI=1S/C19H25NO/c1-6-20-19(16-9-7-8-13(2)10-16)17-11-15(4)18(21-5)12-14(17)3/h7-12,19-20H,6H2,1-5H3. The number of nitrogens with one attached hydrogen (secondary N) is 1. The van der Waals surface area contributed by atoms with E-state index in [4.69, 9.17) is 4.74 Å². The number of methoxy groups -OCH3 is 1. The summed E-state index contributed by atoms with van der Waals surface area (Å²) in [6.07, 6.45) is 0. The largest absolute Gasteiger partial charge is 0.496 e. The number of ether oxygens (including phenoxy) is 1. The summed E-state index contributed by atoms with van der Waals surface area (Å²) >= 11 is 0. The first-order chi connectivity index (χ1) is 10.1. The van der Waals surface area contributed by atoms with Gasteiger partial charge in [0, 0.05) is 0 Å². The second-order valence-corrected chi connectivity index (χ2v) is 5.58. The Morgan fingerprint density at radius 2 is 1.81 bits per heavy atom. The van der Waals surface area contributed by atoms with Crippen LogP contribution in [0.25, 0.3) is 0 Å². The van der Waals surface area contributed by atoms with E-state index >= 15 is 0 Å². The first kappa shape index (κ1) is 15.6. The molecule has 21 heavy (non-hydrogen) atoms. The summed E-state index contributed by atoms with van der Waals surface area (Å²) in [6.45, 7) is 9.47. The molecule has 0 radical (unpaired) electrons. The zero-order valence-corrected chi connectivity index (χ0v) is 13.7. The average Bonchev–Trinajstić information content (AvgIpc) is 2.47. The molecule has 2 heteroatoms. The van der Waals surface area contributed by atoms with Gasteiger partial charge < -0.3 is 10.1 Å². The van der Waals surface area contributed by atoms with Crippen LogP contribution in [0.15, 0.2) is 36.4 Å². The Morgan fingerprint density at radius 3 is 2.43 bits per heavy atom. The van der Waals surface area contributed by atoms with E-state index in [-0.39, 0.29) is 6.04 Å². The lowest BCUT2D eigenvalue weighted by Gasteiger charge is -2.23. The maximum absolute atomic E-state index is 5.42. The van der Waals surface area contributed by atoms with E-state index in [1.54, 1.807) is 7.11 Å². The molecule has 0 heterocycles. The molecule has 1 N–H and O–H groups in total. The number of rotatable bonds is 5. The van der Waals surface area contributed by atoms with Crippen LogP contribution < -0.4 is 10.1 Å². The second-order valence-electron chi connectivity index (χ2n) is 5.58. The minimum absolute atomic E-state index is 0.222. The van der Waals surface area contributed by atoms with Gasteiger partial charge in [0.15, 0.2) is 0 Å². The molecule has 0 aromatic heterocycles. The minimum Gasteiger partial charge on any atom is -0.496 e. The molecule has 0 aliphatic rings. The predicted molar refractivity (Wildman–Crippen MR) is 89.2 cm³/mol. The van der Waals surface area contributed by atoms with Crippen molar-refractivity contribution in [3.63, 3.8) is 0 Å². The number of benzene rings is 2. The molecule has 0 saturated heterocycles. The van der Waals surface area contributed by atoms with Crippen molar-refractivity contribution in [2.75, 3.05) is 13.7 Å². The second kappa shape index (κ2) is 6.77. The Bertz CT molecular complexity index is 619. The van der Waals surface area contributed by atoms with Crippen LogP contribution in [0, 0.1) is 20.8 Å². The van der Waals surface area contributed by atoms with E-state index in [1.165, 1.54) is 27.8 Å². The Balaban J connectivity index is 2.50. The lowest BCUT2D eigenvalue weighted by Crippen LogP contribution is -2.23. The smallest absolute Gasteiger partial charge is 0.122 e. The maximum Gasteiger partial charge on any atom is 0.122 e. The number of hydrogen-bond acceptors (Lipinski definition) is 2. The molecule has 0 spiro atoms. The fourth-order valence-corrected chi connectivity index (χ4v) is 2.80. The van der Waals surface area contributed by atoms with Crippen molar-refractivity contribution in [1.82, 2.24) is 5.32 Å². The van der Waals surface area contributed by atoms with Crippen molar-refractivity contribution in [3.8, 4) is 5.75 Å². The van der Waals surface area contributed by atoms with Crippen LogP contribution in [0.4, 0.5) is 0 Å². The van der Waals surface area contributed by atoms with Crippen LogP contribution in [0.5, 0.6) is 5.75 Å². The predicted octanol–water partition coefficient (Wildman–Crippen LogP) is 4.32. The monoisotopic (exact) mass is 283 g/mol. The molecule has 1 atom stereocenters. The summed E-state index contributed by atoms with van der Waals surface area (Å²) in [7, 11) is 1.73. The van der Waals surface area contributed by atoms with Crippen molar-refractivity contribution >= 4 is 0 Å². The Hall–Kier alpha value is -1.80. The molecule has 0 aliphatic carbocycles.